The molecule has 0 saturated carbocycles. The predicted molar refractivity (Wildman–Crippen MR) is 85.4 cm³/mol. The molecule has 0 saturated heterocycles. The zero-order chi connectivity index (χ0) is 17.3. The summed E-state index contributed by atoms with van der Waals surface area (Å²) in [6.45, 7) is 1.90. The lowest BCUT2D eigenvalue weighted by molar-refractivity contribution is -0.274. The lowest BCUT2D eigenvalue weighted by Gasteiger charge is -2.09. The molecular formula is C16H11F3N2O2S. The van der Waals surface area contributed by atoms with Crippen LogP contribution in [-0.2, 0) is 0 Å². The van der Waals surface area contributed by atoms with Crippen molar-refractivity contribution in [2.24, 2.45) is 0 Å². The minimum Gasteiger partial charge on any atom is -0.406 e. The molecule has 1 aromatic heterocycles. The smallest absolute Gasteiger partial charge is 0.406 e. The number of hydrogen-bond donors (Lipinski definition) is 1. The number of ether oxygens (including phenoxy) is 1. The molecule has 2 aromatic carbocycles. The number of nitrogens with one attached hydrogen (secondary N) is 1. The third-order valence-corrected chi connectivity index (χ3v) is 4.04. The van der Waals surface area contributed by atoms with Crippen molar-refractivity contribution in [2.75, 3.05) is 5.32 Å². The van der Waals surface area contributed by atoms with Gasteiger partial charge >= 0.3 is 6.36 Å². The van der Waals surface area contributed by atoms with Crippen molar-refractivity contribution >= 4 is 33.1 Å². The summed E-state index contributed by atoms with van der Waals surface area (Å²) >= 11 is 1.51. The normalized spacial score (nSPS) is 11.5. The third-order valence-electron chi connectivity index (χ3n) is 3.10. The van der Waals surface area contributed by atoms with Gasteiger partial charge in [0.25, 0.3) is 5.91 Å². The van der Waals surface area contributed by atoms with Crippen LogP contribution in [0, 0.1) is 6.92 Å². The minimum absolute atomic E-state index is 0.227. The van der Waals surface area contributed by atoms with Crippen molar-refractivity contribution in [1.29, 1.82) is 0 Å². The Balaban J connectivity index is 1.73. The number of halogens is 3. The lowest BCUT2D eigenvalue weighted by Crippen LogP contribution is -2.17. The highest BCUT2D eigenvalue weighted by Gasteiger charge is 2.31. The van der Waals surface area contributed by atoms with Gasteiger partial charge in [0.1, 0.15) is 5.75 Å². The van der Waals surface area contributed by atoms with E-state index in [4.69, 9.17) is 0 Å². The fourth-order valence-electron chi connectivity index (χ4n) is 2.13. The molecule has 3 rings (SSSR count). The maximum atomic E-state index is 12.2. The number of thiazole rings is 1. The van der Waals surface area contributed by atoms with Gasteiger partial charge in [0, 0.05) is 11.3 Å². The van der Waals surface area contributed by atoms with Crippen LogP contribution in [-0.4, -0.2) is 17.3 Å². The van der Waals surface area contributed by atoms with Crippen molar-refractivity contribution in [3.8, 4) is 5.75 Å². The average Bonchev–Trinajstić information content (AvgIpc) is 2.85. The number of aromatic nitrogens is 1. The topological polar surface area (TPSA) is 51.2 Å². The number of anilines is 1. The summed E-state index contributed by atoms with van der Waals surface area (Å²) in [5.41, 5.74) is 1.67. The van der Waals surface area contributed by atoms with Gasteiger partial charge in [-0.05, 0) is 49.4 Å². The zero-order valence-corrected chi connectivity index (χ0v) is 13.2. The van der Waals surface area contributed by atoms with Crippen molar-refractivity contribution < 1.29 is 22.7 Å². The van der Waals surface area contributed by atoms with Gasteiger partial charge in [-0.15, -0.1) is 24.5 Å². The Morgan fingerprint density at radius 2 is 1.88 bits per heavy atom. The van der Waals surface area contributed by atoms with E-state index in [1.54, 1.807) is 18.2 Å². The molecule has 1 amide bonds. The molecule has 0 aliphatic heterocycles. The monoisotopic (exact) mass is 352 g/mol. The predicted octanol–water partition coefficient (Wildman–Crippen LogP) is 4.76. The number of alkyl halides is 3. The summed E-state index contributed by atoms with van der Waals surface area (Å²) in [7, 11) is 0. The average molecular weight is 352 g/mol. The van der Waals surface area contributed by atoms with E-state index >= 15 is 0 Å². The maximum Gasteiger partial charge on any atom is 0.573 e. The molecule has 3 aromatic rings. The van der Waals surface area contributed by atoms with Gasteiger partial charge in [0.05, 0.1) is 15.2 Å². The number of amides is 1. The van der Waals surface area contributed by atoms with Crippen molar-refractivity contribution in [2.45, 2.75) is 13.3 Å². The van der Waals surface area contributed by atoms with Gasteiger partial charge in [-0.2, -0.15) is 0 Å². The summed E-state index contributed by atoms with van der Waals surface area (Å²) in [5.74, 6) is -0.797. The fourth-order valence-corrected chi connectivity index (χ4v) is 3.00. The quantitative estimate of drug-likeness (QED) is 0.740. The largest absolute Gasteiger partial charge is 0.573 e. The Kier molecular flexibility index (Phi) is 4.15. The van der Waals surface area contributed by atoms with Crippen LogP contribution < -0.4 is 10.1 Å². The summed E-state index contributed by atoms with van der Waals surface area (Å²) in [6, 6.07) is 10.1. The van der Waals surface area contributed by atoms with E-state index in [0.717, 1.165) is 27.4 Å². The molecule has 0 fully saturated rings. The molecule has 1 heterocycles. The van der Waals surface area contributed by atoms with Crippen LogP contribution in [0.5, 0.6) is 5.75 Å². The Hall–Kier alpha value is -2.61. The number of aryl methyl sites for hydroxylation is 1. The van der Waals surface area contributed by atoms with Crippen molar-refractivity contribution in [1.82, 2.24) is 4.98 Å². The van der Waals surface area contributed by atoms with E-state index < -0.39 is 12.3 Å². The number of nitrogens with zero attached hydrogens (tertiary/aromatic N) is 1. The van der Waals surface area contributed by atoms with Crippen LogP contribution in [0.25, 0.3) is 10.2 Å². The summed E-state index contributed by atoms with van der Waals surface area (Å²) in [5, 5.41) is 3.63. The molecule has 24 heavy (non-hydrogen) atoms. The van der Waals surface area contributed by atoms with E-state index in [1.807, 2.05) is 6.92 Å². The fraction of sp³-hybridized carbons (Fsp3) is 0.125. The summed E-state index contributed by atoms with van der Waals surface area (Å²) in [4.78, 5) is 16.5. The molecule has 0 atom stereocenters. The second kappa shape index (κ2) is 6.12. The minimum atomic E-state index is -4.76. The van der Waals surface area contributed by atoms with Crippen LogP contribution >= 0.6 is 11.3 Å². The first-order valence-corrected chi connectivity index (χ1v) is 7.66. The molecule has 8 heteroatoms. The Morgan fingerprint density at radius 1 is 1.17 bits per heavy atom. The number of carbonyl (C=O) groups excluding carboxylic acids is 1. The van der Waals surface area contributed by atoms with Crippen molar-refractivity contribution in [3.05, 3.63) is 53.0 Å². The molecule has 124 valence electrons. The van der Waals surface area contributed by atoms with Gasteiger partial charge in [-0.25, -0.2) is 4.98 Å². The highest BCUT2D eigenvalue weighted by Crippen LogP contribution is 2.26. The van der Waals surface area contributed by atoms with E-state index in [1.165, 1.54) is 23.5 Å². The van der Waals surface area contributed by atoms with Gasteiger partial charge in [-0.1, -0.05) is 0 Å². The molecular weight excluding hydrogens is 341 g/mol. The first kappa shape index (κ1) is 16.3. The first-order valence-electron chi connectivity index (χ1n) is 6.84. The molecule has 0 bridgehead atoms. The van der Waals surface area contributed by atoms with E-state index in [9.17, 15) is 18.0 Å². The highest BCUT2D eigenvalue weighted by molar-refractivity contribution is 7.18. The van der Waals surface area contributed by atoms with E-state index in [0.29, 0.717) is 5.69 Å². The number of benzene rings is 2. The van der Waals surface area contributed by atoms with E-state index in [2.05, 4.69) is 15.0 Å². The van der Waals surface area contributed by atoms with Crippen LogP contribution in [0.1, 0.15) is 15.4 Å². The highest BCUT2D eigenvalue weighted by atomic mass is 32.1. The van der Waals surface area contributed by atoms with Crippen LogP contribution in [0.2, 0.25) is 0 Å². The number of fused-ring (bicyclic) bond motifs is 1. The van der Waals surface area contributed by atoms with Crippen LogP contribution in [0.15, 0.2) is 42.5 Å². The molecule has 0 spiro atoms. The van der Waals surface area contributed by atoms with Gasteiger partial charge < -0.3 is 10.1 Å². The molecule has 0 aliphatic rings. The zero-order valence-electron chi connectivity index (χ0n) is 12.3. The molecule has 4 nitrogen and oxygen atoms in total. The second-order valence-electron chi connectivity index (χ2n) is 4.94. The Bertz CT molecular complexity index is 888. The molecule has 0 radical (unpaired) electrons. The Labute approximate surface area is 138 Å². The standard InChI is InChI=1S/C16H11F3N2O2S/c1-9-20-13-7-4-11(8-14(13)24-9)21-15(22)10-2-5-12(6-3-10)23-16(17,18)19/h2-8H,1H3,(H,21,22). The summed E-state index contributed by atoms with van der Waals surface area (Å²) in [6.07, 6.45) is -4.76. The van der Waals surface area contributed by atoms with Gasteiger partial charge in [0.2, 0.25) is 0 Å². The number of hydrogen-bond acceptors (Lipinski definition) is 4. The maximum absolute atomic E-state index is 12.2. The first-order chi connectivity index (χ1) is 11.3. The number of carbonyl (C=O) groups is 1. The third kappa shape index (κ3) is 3.83. The lowest BCUT2D eigenvalue weighted by atomic mass is 10.2. The molecule has 1 N–H and O–H groups in total. The van der Waals surface area contributed by atoms with Crippen LogP contribution in [0.3, 0.4) is 0 Å². The SMILES string of the molecule is Cc1nc2ccc(NC(=O)c3ccc(OC(F)(F)F)cc3)cc2s1. The van der Waals surface area contributed by atoms with Crippen molar-refractivity contribution in [3.63, 3.8) is 0 Å². The van der Waals surface area contributed by atoms with E-state index in [-0.39, 0.29) is 11.3 Å². The van der Waals surface area contributed by atoms with Gasteiger partial charge in [-0.3, -0.25) is 4.79 Å². The van der Waals surface area contributed by atoms with Gasteiger partial charge in [0.15, 0.2) is 0 Å². The molecule has 0 unspecified atom stereocenters. The Morgan fingerprint density at radius 3 is 2.54 bits per heavy atom. The number of rotatable bonds is 3. The molecule has 0 aliphatic carbocycles. The van der Waals surface area contributed by atoms with Crippen LogP contribution in [0.4, 0.5) is 18.9 Å². The second-order valence-corrected chi connectivity index (χ2v) is 6.18. The summed E-state index contributed by atoms with van der Waals surface area (Å²) < 4.78 is 41.0.